The van der Waals surface area contributed by atoms with Crippen molar-refractivity contribution >= 4 is 17.8 Å². The number of nitrogens with zero attached hydrogens (tertiary/aromatic N) is 5. The number of aromatic nitrogens is 2. The van der Waals surface area contributed by atoms with Crippen molar-refractivity contribution in [1.29, 1.82) is 0 Å². The number of anilines is 1. The largest absolute Gasteiger partial charge is 0.395 e. The monoisotopic (exact) mass is 582 g/mol. The molecule has 1 unspecified atom stereocenters. The summed E-state index contributed by atoms with van der Waals surface area (Å²) in [6.45, 7) is 7.82. The molecule has 0 spiro atoms. The van der Waals surface area contributed by atoms with Gasteiger partial charge in [0.15, 0.2) is 0 Å². The molecule has 2 fully saturated rings. The first-order valence-electron chi connectivity index (χ1n) is 14.9. The molecule has 2 aromatic rings. The number of nitrogens with one attached hydrogen (secondary N) is 1. The van der Waals surface area contributed by atoms with Gasteiger partial charge < -0.3 is 26.4 Å². The molecule has 1 atom stereocenters. The Labute approximate surface area is 247 Å². The maximum absolute atomic E-state index is 12.8. The molecule has 6 N–H and O–H groups in total. The lowest BCUT2D eigenvalue weighted by atomic mass is 9.89. The number of hydrogen-bond acceptors (Lipinski definition) is 8. The van der Waals surface area contributed by atoms with Crippen LogP contribution in [0.3, 0.4) is 0 Å². The molecular formula is C30H46N8O4. The lowest BCUT2D eigenvalue weighted by molar-refractivity contribution is -0.137. The zero-order valence-corrected chi connectivity index (χ0v) is 25.0. The molecule has 1 aromatic carbocycles. The van der Waals surface area contributed by atoms with Gasteiger partial charge in [0.2, 0.25) is 5.91 Å². The van der Waals surface area contributed by atoms with E-state index in [1.54, 1.807) is 35.9 Å². The zero-order valence-electron chi connectivity index (χ0n) is 25.0. The van der Waals surface area contributed by atoms with Crippen LogP contribution in [0.5, 0.6) is 0 Å². The van der Waals surface area contributed by atoms with Gasteiger partial charge in [0.05, 0.1) is 17.8 Å². The Balaban J connectivity index is 1.33. The average molecular weight is 583 g/mol. The van der Waals surface area contributed by atoms with E-state index in [-0.39, 0.29) is 36.4 Å². The second-order valence-electron chi connectivity index (χ2n) is 12.1. The first-order chi connectivity index (χ1) is 20.0. The fourth-order valence-corrected chi connectivity index (χ4v) is 5.94. The highest BCUT2D eigenvalue weighted by Gasteiger charge is 2.31. The highest BCUT2D eigenvalue weighted by molar-refractivity contribution is 5.89. The Morgan fingerprint density at radius 1 is 1.07 bits per heavy atom. The van der Waals surface area contributed by atoms with E-state index in [0.29, 0.717) is 44.5 Å². The van der Waals surface area contributed by atoms with Crippen molar-refractivity contribution < 1.29 is 14.7 Å². The minimum atomic E-state index is -0.956. The van der Waals surface area contributed by atoms with Gasteiger partial charge in [-0.3, -0.25) is 19.6 Å². The van der Waals surface area contributed by atoms with Gasteiger partial charge in [0, 0.05) is 57.0 Å². The van der Waals surface area contributed by atoms with E-state index in [1.165, 1.54) is 4.57 Å². The molecule has 1 saturated carbocycles. The van der Waals surface area contributed by atoms with Crippen LogP contribution in [0, 0.1) is 0 Å². The molecule has 1 aliphatic heterocycles. The summed E-state index contributed by atoms with van der Waals surface area (Å²) in [7, 11) is 0. The fraction of sp³-hybridized carbons (Fsp3) is 0.600. The van der Waals surface area contributed by atoms with E-state index in [0.717, 1.165) is 37.7 Å². The molecule has 0 bridgehead atoms. The predicted octanol–water partition coefficient (Wildman–Crippen LogP) is 1.14. The normalized spacial score (nSPS) is 20.5. The van der Waals surface area contributed by atoms with E-state index >= 15 is 0 Å². The van der Waals surface area contributed by atoms with E-state index in [2.05, 4.69) is 22.1 Å². The molecule has 2 heterocycles. The second kappa shape index (κ2) is 13.8. The Kier molecular flexibility index (Phi) is 10.4. The number of urea groups is 1. The highest BCUT2D eigenvalue weighted by Crippen LogP contribution is 2.25. The Bertz CT molecular complexity index is 1260. The molecule has 1 aliphatic carbocycles. The molecular weight excluding hydrogens is 536 g/mol. The SMILES string of the molecule is CC(Cc1ccc(-n2ccc(NC(=O)N3CCN(C(=O)C(C)(C)N)CC3)nc2=O)cc1)N(CCO)C1CCC(N)CC1. The van der Waals surface area contributed by atoms with Crippen molar-refractivity contribution in [3.8, 4) is 5.69 Å². The molecule has 12 heteroatoms. The number of aliphatic hydroxyl groups is 1. The third-order valence-electron chi connectivity index (χ3n) is 8.32. The molecule has 4 rings (SSSR count). The average Bonchev–Trinajstić information content (AvgIpc) is 2.96. The summed E-state index contributed by atoms with van der Waals surface area (Å²) in [4.78, 5) is 47.7. The van der Waals surface area contributed by atoms with Gasteiger partial charge in [-0.25, -0.2) is 9.59 Å². The highest BCUT2D eigenvalue weighted by atomic mass is 16.3. The predicted molar refractivity (Wildman–Crippen MR) is 162 cm³/mol. The lowest BCUT2D eigenvalue weighted by Crippen LogP contribution is -2.58. The third kappa shape index (κ3) is 7.94. The summed E-state index contributed by atoms with van der Waals surface area (Å²) in [5, 5.41) is 12.4. The molecule has 1 saturated heterocycles. The number of benzene rings is 1. The molecule has 12 nitrogen and oxygen atoms in total. The Morgan fingerprint density at radius 2 is 1.69 bits per heavy atom. The zero-order chi connectivity index (χ0) is 30.4. The number of amides is 3. The van der Waals surface area contributed by atoms with Crippen LogP contribution in [0.4, 0.5) is 10.6 Å². The van der Waals surface area contributed by atoms with E-state index in [9.17, 15) is 19.5 Å². The summed E-state index contributed by atoms with van der Waals surface area (Å²) in [5.74, 6) is 0.0186. The minimum Gasteiger partial charge on any atom is -0.395 e. The van der Waals surface area contributed by atoms with Gasteiger partial charge in [-0.2, -0.15) is 4.98 Å². The van der Waals surface area contributed by atoms with E-state index < -0.39 is 11.2 Å². The number of piperazine rings is 1. The minimum absolute atomic E-state index is 0.128. The summed E-state index contributed by atoms with van der Waals surface area (Å²) < 4.78 is 1.44. The summed E-state index contributed by atoms with van der Waals surface area (Å²) in [6, 6.07) is 10.0. The van der Waals surface area contributed by atoms with Crippen molar-refractivity contribution in [3.63, 3.8) is 0 Å². The topological polar surface area (TPSA) is 163 Å². The molecule has 42 heavy (non-hydrogen) atoms. The van der Waals surface area contributed by atoms with Crippen LogP contribution in [0.15, 0.2) is 41.3 Å². The van der Waals surface area contributed by atoms with Crippen molar-refractivity contribution in [2.45, 2.75) is 76.5 Å². The van der Waals surface area contributed by atoms with E-state index in [4.69, 9.17) is 11.5 Å². The first kappa shape index (κ1) is 31.6. The molecule has 1 aromatic heterocycles. The number of nitrogens with two attached hydrogens (primary N) is 2. The van der Waals surface area contributed by atoms with Gasteiger partial charge in [-0.1, -0.05) is 12.1 Å². The lowest BCUT2D eigenvalue weighted by Gasteiger charge is -2.39. The van der Waals surface area contributed by atoms with Crippen molar-refractivity contribution in [2.75, 3.05) is 44.6 Å². The fourth-order valence-electron chi connectivity index (χ4n) is 5.94. The molecule has 230 valence electrons. The molecule has 2 aliphatic rings. The summed E-state index contributed by atoms with van der Waals surface area (Å²) in [6.07, 6.45) is 6.58. The van der Waals surface area contributed by atoms with Gasteiger partial charge in [0.25, 0.3) is 0 Å². The van der Waals surface area contributed by atoms with Crippen molar-refractivity contribution in [1.82, 2.24) is 24.3 Å². The second-order valence-corrected chi connectivity index (χ2v) is 12.1. The van der Waals surface area contributed by atoms with Crippen LogP contribution in [-0.4, -0.2) is 104 Å². The summed E-state index contributed by atoms with van der Waals surface area (Å²) in [5.41, 5.74) is 12.4. The first-order valence-corrected chi connectivity index (χ1v) is 14.9. The van der Waals surface area contributed by atoms with Gasteiger partial charge in [-0.15, -0.1) is 0 Å². The van der Waals surface area contributed by atoms with Gasteiger partial charge in [-0.05, 0) is 76.6 Å². The third-order valence-corrected chi connectivity index (χ3v) is 8.32. The maximum Gasteiger partial charge on any atom is 0.354 e. The standard InChI is InChI=1S/C30H46N8O4/c1-21(37(18-19-39)24-10-6-23(31)7-11-24)20-22-4-8-25(9-5-22)38-13-12-26(34-29(38)42)33-28(41)36-16-14-35(15-17-36)27(40)30(2,3)32/h4-5,8-9,12-13,21,23-24,39H,6-7,10-11,14-20,31-32H2,1-3H3,(H,33,34,41,42). The maximum atomic E-state index is 12.8. The van der Waals surface area contributed by atoms with Crippen molar-refractivity contribution in [2.24, 2.45) is 11.5 Å². The van der Waals surface area contributed by atoms with Crippen LogP contribution in [0.25, 0.3) is 5.69 Å². The Morgan fingerprint density at radius 3 is 2.26 bits per heavy atom. The molecule has 0 radical (unpaired) electrons. The van der Waals surface area contributed by atoms with Crippen LogP contribution in [0.2, 0.25) is 0 Å². The van der Waals surface area contributed by atoms with Gasteiger partial charge >= 0.3 is 11.7 Å². The van der Waals surface area contributed by atoms with Gasteiger partial charge in [0.1, 0.15) is 5.82 Å². The number of carbonyl (C=O) groups is 2. The smallest absolute Gasteiger partial charge is 0.354 e. The van der Waals surface area contributed by atoms with Crippen molar-refractivity contribution in [3.05, 3.63) is 52.6 Å². The molecule has 3 amide bonds. The number of aliphatic hydroxyl groups excluding tert-OH is 1. The van der Waals surface area contributed by atoms with Crippen LogP contribution in [0.1, 0.15) is 52.0 Å². The number of carbonyl (C=O) groups excluding carboxylic acids is 2. The summed E-state index contributed by atoms with van der Waals surface area (Å²) >= 11 is 0. The quantitative estimate of drug-likeness (QED) is 0.342. The number of rotatable bonds is 9. The van der Waals surface area contributed by atoms with E-state index in [1.807, 2.05) is 24.3 Å². The van der Waals surface area contributed by atoms with Crippen LogP contribution in [-0.2, 0) is 11.2 Å². The Hall–Kier alpha value is -3.32. The van der Waals surface area contributed by atoms with Crippen LogP contribution < -0.4 is 22.5 Å². The number of hydrogen-bond donors (Lipinski definition) is 4. The van der Waals surface area contributed by atoms with Crippen LogP contribution >= 0.6 is 0 Å².